The number of benzene rings is 2. The number of amidine groups is 1. The van der Waals surface area contributed by atoms with Gasteiger partial charge in [0.25, 0.3) is 0 Å². The molecule has 102 valence electrons. The molecule has 1 aliphatic rings. The van der Waals surface area contributed by atoms with Gasteiger partial charge >= 0.3 is 0 Å². The maximum Gasteiger partial charge on any atom is 0.128 e. The van der Waals surface area contributed by atoms with E-state index in [0.717, 1.165) is 46.9 Å². The maximum absolute atomic E-state index is 5.81. The Hall–Kier alpha value is -1.81. The van der Waals surface area contributed by atoms with E-state index in [-0.39, 0.29) is 0 Å². The second kappa shape index (κ2) is 6.09. The first-order valence-corrected chi connectivity index (χ1v) is 7.43. The minimum Gasteiger partial charge on any atom is -0.457 e. The Kier molecular flexibility index (Phi) is 4.02. The van der Waals surface area contributed by atoms with E-state index in [1.807, 2.05) is 48.5 Å². The Morgan fingerprint density at radius 3 is 2.60 bits per heavy atom. The fraction of sp³-hybridized carbons (Fsp3) is 0.188. The van der Waals surface area contributed by atoms with E-state index in [9.17, 15) is 0 Å². The van der Waals surface area contributed by atoms with Gasteiger partial charge in [-0.25, -0.2) is 0 Å². The zero-order valence-electron chi connectivity index (χ0n) is 11.0. The van der Waals surface area contributed by atoms with Crippen molar-refractivity contribution < 1.29 is 4.74 Å². The number of halogens is 1. The molecule has 0 bridgehead atoms. The highest BCUT2D eigenvalue weighted by atomic mass is 79.9. The lowest BCUT2D eigenvalue weighted by Gasteiger charge is -2.15. The van der Waals surface area contributed by atoms with Crippen LogP contribution in [0.25, 0.3) is 0 Å². The molecule has 0 spiro atoms. The highest BCUT2D eigenvalue weighted by Gasteiger charge is 2.07. The van der Waals surface area contributed by atoms with Crippen molar-refractivity contribution in [3.05, 3.63) is 58.6 Å². The van der Waals surface area contributed by atoms with Crippen LogP contribution in [0.2, 0.25) is 0 Å². The third-order valence-corrected chi connectivity index (χ3v) is 3.55. The first kappa shape index (κ1) is 13.2. The smallest absolute Gasteiger partial charge is 0.128 e. The van der Waals surface area contributed by atoms with Crippen LogP contribution in [0.5, 0.6) is 11.5 Å². The first-order valence-electron chi connectivity index (χ1n) is 6.63. The fourth-order valence-corrected chi connectivity index (χ4v) is 2.45. The Labute approximate surface area is 126 Å². The molecular formula is C16H15BrN2O. The van der Waals surface area contributed by atoms with Gasteiger partial charge in [0.2, 0.25) is 0 Å². The Bertz CT molecular complexity index is 623. The van der Waals surface area contributed by atoms with Crippen LogP contribution in [0, 0.1) is 0 Å². The lowest BCUT2D eigenvalue weighted by Crippen LogP contribution is -2.30. The summed E-state index contributed by atoms with van der Waals surface area (Å²) in [6.45, 7) is 1.90. The van der Waals surface area contributed by atoms with Crippen LogP contribution in [0.3, 0.4) is 0 Å². The number of aliphatic imine (C=N–C) groups is 1. The number of rotatable bonds is 3. The molecule has 0 unspecified atom stereocenters. The summed E-state index contributed by atoms with van der Waals surface area (Å²) in [5, 5.41) is 3.31. The van der Waals surface area contributed by atoms with E-state index in [0.29, 0.717) is 0 Å². The van der Waals surface area contributed by atoms with Crippen molar-refractivity contribution in [2.45, 2.75) is 6.42 Å². The van der Waals surface area contributed by atoms with Crippen molar-refractivity contribution in [3.8, 4) is 11.5 Å². The predicted molar refractivity (Wildman–Crippen MR) is 84.7 cm³/mol. The third-order valence-electron chi connectivity index (χ3n) is 3.06. The van der Waals surface area contributed by atoms with Crippen molar-refractivity contribution in [1.29, 1.82) is 0 Å². The largest absolute Gasteiger partial charge is 0.457 e. The van der Waals surface area contributed by atoms with Crippen molar-refractivity contribution in [2.75, 3.05) is 13.1 Å². The molecule has 0 atom stereocenters. The molecule has 0 radical (unpaired) electrons. The minimum absolute atomic E-state index is 0.820. The van der Waals surface area contributed by atoms with Gasteiger partial charge in [0, 0.05) is 23.1 Å². The zero-order valence-corrected chi connectivity index (χ0v) is 12.6. The fourth-order valence-electron chi connectivity index (χ4n) is 2.07. The van der Waals surface area contributed by atoms with Gasteiger partial charge in [-0.3, -0.25) is 4.99 Å². The molecule has 1 heterocycles. The number of nitrogens with one attached hydrogen (secondary N) is 1. The second-order valence-electron chi connectivity index (χ2n) is 4.59. The van der Waals surface area contributed by atoms with Gasteiger partial charge in [0.05, 0.1) is 0 Å². The predicted octanol–water partition coefficient (Wildman–Crippen LogP) is 3.98. The van der Waals surface area contributed by atoms with Crippen molar-refractivity contribution >= 4 is 21.8 Å². The quantitative estimate of drug-likeness (QED) is 0.923. The molecule has 20 heavy (non-hydrogen) atoms. The number of hydrogen-bond acceptors (Lipinski definition) is 3. The normalized spacial score (nSPS) is 14.3. The van der Waals surface area contributed by atoms with Crippen LogP contribution >= 0.6 is 15.9 Å². The van der Waals surface area contributed by atoms with Gasteiger partial charge < -0.3 is 10.1 Å². The highest BCUT2D eigenvalue weighted by molar-refractivity contribution is 9.10. The molecule has 1 N–H and O–H groups in total. The van der Waals surface area contributed by atoms with E-state index in [1.165, 1.54) is 0 Å². The molecular weight excluding hydrogens is 316 g/mol. The molecule has 0 aliphatic carbocycles. The van der Waals surface area contributed by atoms with Crippen LogP contribution in [0.4, 0.5) is 0 Å². The monoisotopic (exact) mass is 330 g/mol. The third kappa shape index (κ3) is 3.20. The summed E-state index contributed by atoms with van der Waals surface area (Å²) in [4.78, 5) is 4.48. The van der Waals surface area contributed by atoms with Crippen LogP contribution in [0.15, 0.2) is 58.0 Å². The van der Waals surface area contributed by atoms with Crippen LogP contribution < -0.4 is 10.1 Å². The molecule has 0 saturated heterocycles. The first-order chi connectivity index (χ1) is 9.81. The van der Waals surface area contributed by atoms with Gasteiger partial charge in [0.15, 0.2) is 0 Å². The van der Waals surface area contributed by atoms with E-state index >= 15 is 0 Å². The van der Waals surface area contributed by atoms with Gasteiger partial charge in [0.1, 0.15) is 17.3 Å². The van der Waals surface area contributed by atoms with Gasteiger partial charge in [-0.05, 0) is 48.9 Å². The molecule has 4 heteroatoms. The van der Waals surface area contributed by atoms with Gasteiger partial charge in [-0.2, -0.15) is 0 Å². The lowest BCUT2D eigenvalue weighted by molar-refractivity contribution is 0.482. The summed E-state index contributed by atoms with van der Waals surface area (Å²) in [6.07, 6.45) is 1.10. The van der Waals surface area contributed by atoms with Crippen LogP contribution in [0.1, 0.15) is 12.0 Å². The van der Waals surface area contributed by atoms with E-state index in [2.05, 4.69) is 26.2 Å². The van der Waals surface area contributed by atoms with Crippen LogP contribution in [-0.4, -0.2) is 18.9 Å². The Balaban J connectivity index is 1.74. The summed E-state index contributed by atoms with van der Waals surface area (Å²) in [5.41, 5.74) is 1.10. The molecule has 2 aromatic rings. The van der Waals surface area contributed by atoms with Crippen LogP contribution in [-0.2, 0) is 0 Å². The summed E-state index contributed by atoms with van der Waals surface area (Å²) < 4.78 is 6.82. The summed E-state index contributed by atoms with van der Waals surface area (Å²) in [7, 11) is 0. The molecule has 0 saturated carbocycles. The molecule has 3 rings (SSSR count). The topological polar surface area (TPSA) is 33.6 Å². The Morgan fingerprint density at radius 1 is 1.05 bits per heavy atom. The molecule has 3 nitrogen and oxygen atoms in total. The minimum atomic E-state index is 0.820. The SMILES string of the molecule is Brc1cccc(Oc2ccc(C3=NCCCN3)cc2)c1. The summed E-state index contributed by atoms with van der Waals surface area (Å²) in [6, 6.07) is 15.8. The average Bonchev–Trinajstić information content (AvgIpc) is 2.49. The summed E-state index contributed by atoms with van der Waals surface area (Å²) in [5.74, 6) is 2.62. The van der Waals surface area contributed by atoms with Crippen molar-refractivity contribution in [1.82, 2.24) is 5.32 Å². The van der Waals surface area contributed by atoms with Crippen molar-refractivity contribution in [3.63, 3.8) is 0 Å². The average molecular weight is 331 g/mol. The van der Waals surface area contributed by atoms with Crippen molar-refractivity contribution in [2.24, 2.45) is 4.99 Å². The molecule has 0 fully saturated rings. The number of nitrogens with zero attached hydrogens (tertiary/aromatic N) is 1. The molecule has 2 aromatic carbocycles. The lowest BCUT2D eigenvalue weighted by atomic mass is 10.1. The molecule has 1 aliphatic heterocycles. The van der Waals surface area contributed by atoms with E-state index < -0.39 is 0 Å². The molecule has 0 aromatic heterocycles. The molecule has 0 amide bonds. The Morgan fingerprint density at radius 2 is 1.90 bits per heavy atom. The number of hydrogen-bond donors (Lipinski definition) is 1. The van der Waals surface area contributed by atoms with Gasteiger partial charge in [-0.15, -0.1) is 0 Å². The standard InChI is InChI=1S/C16H15BrN2O/c17-13-3-1-4-15(11-13)20-14-7-5-12(6-8-14)16-18-9-2-10-19-16/h1,3-8,11H,2,9-10H2,(H,18,19). The summed E-state index contributed by atoms with van der Waals surface area (Å²) >= 11 is 3.44. The highest BCUT2D eigenvalue weighted by Crippen LogP contribution is 2.24. The van der Waals surface area contributed by atoms with E-state index in [1.54, 1.807) is 0 Å². The van der Waals surface area contributed by atoms with Gasteiger partial charge in [-0.1, -0.05) is 22.0 Å². The zero-order chi connectivity index (χ0) is 13.8. The second-order valence-corrected chi connectivity index (χ2v) is 5.51. The number of ether oxygens (including phenoxy) is 1. The maximum atomic E-state index is 5.81. The van der Waals surface area contributed by atoms with E-state index in [4.69, 9.17) is 4.74 Å².